The Hall–Kier alpha value is -2.99. The SMILES string of the molecule is CC(=O)c1cc(C)nc2ccc(C#Cc3ccccn3)cc12. The summed E-state index contributed by atoms with van der Waals surface area (Å²) in [4.78, 5) is 20.5. The van der Waals surface area contributed by atoms with Gasteiger partial charge in [0, 0.05) is 28.4 Å². The van der Waals surface area contributed by atoms with Crippen LogP contribution in [0.2, 0.25) is 0 Å². The van der Waals surface area contributed by atoms with Gasteiger partial charge < -0.3 is 0 Å². The van der Waals surface area contributed by atoms with Gasteiger partial charge in [0.15, 0.2) is 5.78 Å². The first-order valence-electron chi connectivity index (χ1n) is 6.99. The Morgan fingerprint density at radius 3 is 2.68 bits per heavy atom. The molecule has 106 valence electrons. The number of Topliss-reactive ketones (excluding diaryl/α,β-unsaturated/α-hetero) is 1. The summed E-state index contributed by atoms with van der Waals surface area (Å²) < 4.78 is 0. The molecule has 0 aliphatic carbocycles. The summed E-state index contributed by atoms with van der Waals surface area (Å²) >= 11 is 0. The van der Waals surface area contributed by atoms with E-state index in [1.807, 2.05) is 49.4 Å². The van der Waals surface area contributed by atoms with Crippen molar-refractivity contribution in [3.05, 3.63) is 71.2 Å². The number of rotatable bonds is 1. The largest absolute Gasteiger partial charge is 0.294 e. The predicted octanol–water partition coefficient (Wildman–Crippen LogP) is 3.54. The van der Waals surface area contributed by atoms with Gasteiger partial charge in [-0.25, -0.2) is 4.98 Å². The topological polar surface area (TPSA) is 42.9 Å². The molecular formula is C19H14N2O. The number of carbonyl (C=O) groups excluding carboxylic acids is 1. The van der Waals surface area contributed by atoms with Crippen LogP contribution in [0.5, 0.6) is 0 Å². The number of fused-ring (bicyclic) bond motifs is 1. The first-order chi connectivity index (χ1) is 10.6. The summed E-state index contributed by atoms with van der Waals surface area (Å²) in [5.41, 5.74) is 3.89. The van der Waals surface area contributed by atoms with E-state index < -0.39 is 0 Å². The van der Waals surface area contributed by atoms with Gasteiger partial charge in [0.2, 0.25) is 0 Å². The number of carbonyl (C=O) groups is 1. The summed E-state index contributed by atoms with van der Waals surface area (Å²) in [5, 5.41) is 0.839. The molecule has 1 aromatic carbocycles. The van der Waals surface area contributed by atoms with E-state index in [0.29, 0.717) is 5.56 Å². The van der Waals surface area contributed by atoms with Gasteiger partial charge in [0.25, 0.3) is 0 Å². The van der Waals surface area contributed by atoms with Crippen LogP contribution < -0.4 is 0 Å². The molecule has 0 aliphatic rings. The van der Waals surface area contributed by atoms with E-state index in [9.17, 15) is 4.79 Å². The number of ketones is 1. The number of benzene rings is 1. The van der Waals surface area contributed by atoms with E-state index in [4.69, 9.17) is 0 Å². The lowest BCUT2D eigenvalue weighted by molar-refractivity contribution is 0.101. The van der Waals surface area contributed by atoms with Gasteiger partial charge in [0.05, 0.1) is 5.52 Å². The molecule has 2 heterocycles. The van der Waals surface area contributed by atoms with Crippen LogP contribution in [-0.4, -0.2) is 15.8 Å². The molecule has 3 aromatic rings. The number of hydrogen-bond acceptors (Lipinski definition) is 3. The van der Waals surface area contributed by atoms with E-state index in [-0.39, 0.29) is 5.78 Å². The van der Waals surface area contributed by atoms with Crippen molar-refractivity contribution >= 4 is 16.7 Å². The van der Waals surface area contributed by atoms with Crippen molar-refractivity contribution in [2.45, 2.75) is 13.8 Å². The molecule has 0 N–H and O–H groups in total. The van der Waals surface area contributed by atoms with Crippen LogP contribution in [0.1, 0.15) is 34.2 Å². The second-order valence-electron chi connectivity index (χ2n) is 5.06. The highest BCUT2D eigenvalue weighted by atomic mass is 16.1. The van der Waals surface area contributed by atoms with Crippen molar-refractivity contribution in [1.29, 1.82) is 0 Å². The fourth-order valence-corrected chi connectivity index (χ4v) is 2.30. The van der Waals surface area contributed by atoms with Crippen LogP contribution in [0.25, 0.3) is 10.9 Å². The van der Waals surface area contributed by atoms with Crippen molar-refractivity contribution in [3.8, 4) is 11.8 Å². The Kier molecular flexibility index (Phi) is 3.67. The van der Waals surface area contributed by atoms with E-state index in [1.165, 1.54) is 0 Å². The molecule has 0 spiro atoms. The molecule has 0 bridgehead atoms. The van der Waals surface area contributed by atoms with Gasteiger partial charge in [0.1, 0.15) is 5.69 Å². The maximum atomic E-state index is 11.8. The summed E-state index contributed by atoms with van der Waals surface area (Å²) in [6.07, 6.45) is 1.71. The molecule has 0 saturated heterocycles. The third kappa shape index (κ3) is 2.87. The maximum Gasteiger partial charge on any atom is 0.160 e. The van der Waals surface area contributed by atoms with Gasteiger partial charge >= 0.3 is 0 Å². The fraction of sp³-hybridized carbons (Fsp3) is 0.105. The Bertz CT molecular complexity index is 919. The summed E-state index contributed by atoms with van der Waals surface area (Å²) in [6, 6.07) is 13.2. The standard InChI is InChI=1S/C19H14N2O/c1-13-11-17(14(2)22)18-12-15(7-9-19(18)21-13)6-8-16-5-3-4-10-20-16/h3-5,7,9-12H,1-2H3. The first kappa shape index (κ1) is 14.0. The van der Waals surface area contributed by atoms with Crippen molar-refractivity contribution in [1.82, 2.24) is 9.97 Å². The molecule has 0 radical (unpaired) electrons. The zero-order valence-electron chi connectivity index (χ0n) is 12.4. The first-order valence-corrected chi connectivity index (χ1v) is 6.99. The minimum Gasteiger partial charge on any atom is -0.294 e. The smallest absolute Gasteiger partial charge is 0.160 e. The van der Waals surface area contributed by atoms with Crippen LogP contribution in [0.3, 0.4) is 0 Å². The minimum atomic E-state index is 0.0327. The van der Waals surface area contributed by atoms with E-state index >= 15 is 0 Å². The normalized spacial score (nSPS) is 10.1. The highest BCUT2D eigenvalue weighted by Gasteiger charge is 2.08. The summed E-state index contributed by atoms with van der Waals surface area (Å²) in [7, 11) is 0. The molecule has 0 unspecified atom stereocenters. The lowest BCUT2D eigenvalue weighted by Crippen LogP contribution is -1.97. The van der Waals surface area contributed by atoms with Crippen LogP contribution in [-0.2, 0) is 0 Å². The van der Waals surface area contributed by atoms with Gasteiger partial charge in [-0.05, 0) is 56.2 Å². The van der Waals surface area contributed by atoms with Gasteiger partial charge in [-0.15, -0.1) is 0 Å². The Morgan fingerprint density at radius 1 is 1.09 bits per heavy atom. The molecule has 0 atom stereocenters. The van der Waals surface area contributed by atoms with E-state index in [2.05, 4.69) is 21.8 Å². The van der Waals surface area contributed by atoms with Crippen molar-refractivity contribution in [2.75, 3.05) is 0 Å². The number of pyridine rings is 2. The van der Waals surface area contributed by atoms with Crippen LogP contribution in [0, 0.1) is 18.8 Å². The molecule has 2 aromatic heterocycles. The number of hydrogen-bond donors (Lipinski definition) is 0. The molecular weight excluding hydrogens is 272 g/mol. The van der Waals surface area contributed by atoms with E-state index in [0.717, 1.165) is 27.9 Å². The fourth-order valence-electron chi connectivity index (χ4n) is 2.30. The molecule has 0 fully saturated rings. The molecule has 3 heteroatoms. The van der Waals surface area contributed by atoms with Crippen LogP contribution >= 0.6 is 0 Å². The maximum absolute atomic E-state index is 11.8. The van der Waals surface area contributed by atoms with Crippen LogP contribution in [0.15, 0.2) is 48.7 Å². The average molecular weight is 286 g/mol. The molecule has 3 rings (SSSR count). The third-order valence-electron chi connectivity index (χ3n) is 3.32. The van der Waals surface area contributed by atoms with Crippen LogP contribution in [0.4, 0.5) is 0 Å². The van der Waals surface area contributed by atoms with Crippen molar-refractivity contribution < 1.29 is 4.79 Å². The summed E-state index contributed by atoms with van der Waals surface area (Å²) in [5.74, 6) is 6.13. The molecule has 3 nitrogen and oxygen atoms in total. The minimum absolute atomic E-state index is 0.0327. The van der Waals surface area contributed by atoms with E-state index in [1.54, 1.807) is 13.1 Å². The Balaban J connectivity index is 2.10. The Morgan fingerprint density at radius 2 is 1.95 bits per heavy atom. The summed E-state index contributed by atoms with van der Waals surface area (Å²) in [6.45, 7) is 3.46. The second kappa shape index (κ2) is 5.79. The number of aryl methyl sites for hydroxylation is 1. The highest BCUT2D eigenvalue weighted by molar-refractivity contribution is 6.06. The zero-order valence-corrected chi connectivity index (χ0v) is 12.4. The van der Waals surface area contributed by atoms with Crippen molar-refractivity contribution in [2.24, 2.45) is 0 Å². The molecule has 0 amide bonds. The quantitative estimate of drug-likeness (QED) is 0.507. The molecule has 0 saturated carbocycles. The number of aromatic nitrogens is 2. The Labute approximate surface area is 129 Å². The van der Waals surface area contributed by atoms with Gasteiger partial charge in [-0.2, -0.15) is 0 Å². The van der Waals surface area contributed by atoms with Crippen molar-refractivity contribution in [3.63, 3.8) is 0 Å². The monoisotopic (exact) mass is 286 g/mol. The number of nitrogens with zero attached hydrogens (tertiary/aromatic N) is 2. The van der Waals surface area contributed by atoms with Gasteiger partial charge in [-0.1, -0.05) is 12.0 Å². The third-order valence-corrected chi connectivity index (χ3v) is 3.32. The second-order valence-corrected chi connectivity index (χ2v) is 5.06. The average Bonchev–Trinajstić information content (AvgIpc) is 2.53. The highest BCUT2D eigenvalue weighted by Crippen LogP contribution is 2.20. The zero-order chi connectivity index (χ0) is 15.5. The predicted molar refractivity (Wildman–Crippen MR) is 86.7 cm³/mol. The molecule has 0 aliphatic heterocycles. The lowest BCUT2D eigenvalue weighted by atomic mass is 10.0. The molecule has 22 heavy (non-hydrogen) atoms. The van der Waals surface area contributed by atoms with Gasteiger partial charge in [-0.3, -0.25) is 9.78 Å². The lowest BCUT2D eigenvalue weighted by Gasteiger charge is -2.05.